The minimum absolute atomic E-state index is 0.0831. The van der Waals surface area contributed by atoms with Gasteiger partial charge in [0.2, 0.25) is 0 Å². The van der Waals surface area contributed by atoms with E-state index in [1.807, 2.05) is 4.57 Å². The molecule has 1 fully saturated rings. The number of aromatic nitrogens is 2. The van der Waals surface area contributed by atoms with E-state index < -0.39 is 10.0 Å². The Morgan fingerprint density at radius 2 is 2.26 bits per heavy atom. The number of rotatable bonds is 5. The van der Waals surface area contributed by atoms with Gasteiger partial charge in [-0.3, -0.25) is 0 Å². The van der Waals surface area contributed by atoms with Crippen molar-refractivity contribution in [1.82, 2.24) is 13.9 Å². The zero-order valence-electron chi connectivity index (χ0n) is 11.5. The lowest BCUT2D eigenvalue weighted by Gasteiger charge is -2.21. The van der Waals surface area contributed by atoms with E-state index >= 15 is 0 Å². The fourth-order valence-electron chi connectivity index (χ4n) is 2.48. The Morgan fingerprint density at radius 1 is 1.53 bits per heavy atom. The zero-order valence-corrected chi connectivity index (χ0v) is 12.3. The van der Waals surface area contributed by atoms with E-state index in [4.69, 9.17) is 5.73 Å². The van der Waals surface area contributed by atoms with Gasteiger partial charge in [0.1, 0.15) is 0 Å². The minimum Gasteiger partial charge on any atom is -0.336 e. The topological polar surface area (TPSA) is 81.2 Å². The lowest BCUT2D eigenvalue weighted by Crippen LogP contribution is -2.40. The SMILES string of the molecule is CC(C)Cn1cnc(S(=O)(=O)N2CCCC2CN)c1. The van der Waals surface area contributed by atoms with Crippen LogP contribution in [0.4, 0.5) is 0 Å². The Bertz CT molecular complexity index is 524. The van der Waals surface area contributed by atoms with Crippen molar-refractivity contribution in [3.8, 4) is 0 Å². The number of nitrogens with two attached hydrogens (primary N) is 1. The molecule has 2 rings (SSSR count). The third-order valence-corrected chi connectivity index (χ3v) is 5.19. The third kappa shape index (κ3) is 2.98. The Balaban J connectivity index is 2.22. The van der Waals surface area contributed by atoms with E-state index in [1.54, 1.807) is 12.5 Å². The van der Waals surface area contributed by atoms with Crippen LogP contribution in [0.2, 0.25) is 0 Å². The molecule has 0 amide bonds. The summed E-state index contributed by atoms with van der Waals surface area (Å²) in [6, 6.07) is -0.0831. The highest BCUT2D eigenvalue weighted by molar-refractivity contribution is 7.89. The molecule has 2 heterocycles. The molecule has 0 spiro atoms. The zero-order chi connectivity index (χ0) is 14.0. The summed E-state index contributed by atoms with van der Waals surface area (Å²) in [5.41, 5.74) is 5.64. The van der Waals surface area contributed by atoms with Gasteiger partial charge >= 0.3 is 0 Å². The second-order valence-electron chi connectivity index (χ2n) is 5.45. The van der Waals surface area contributed by atoms with Gasteiger partial charge in [-0.25, -0.2) is 13.4 Å². The molecular formula is C12H22N4O2S. The van der Waals surface area contributed by atoms with Gasteiger partial charge in [-0.1, -0.05) is 13.8 Å². The van der Waals surface area contributed by atoms with Crippen LogP contribution in [-0.2, 0) is 16.6 Å². The van der Waals surface area contributed by atoms with Crippen LogP contribution in [0.5, 0.6) is 0 Å². The van der Waals surface area contributed by atoms with Crippen LogP contribution in [-0.4, -0.2) is 41.4 Å². The van der Waals surface area contributed by atoms with Crippen LogP contribution >= 0.6 is 0 Å². The molecule has 6 nitrogen and oxygen atoms in total. The van der Waals surface area contributed by atoms with Gasteiger partial charge in [-0.15, -0.1) is 0 Å². The molecule has 1 aliphatic heterocycles. The predicted octanol–water partition coefficient (Wildman–Crippen LogP) is 0.651. The number of imidazole rings is 1. The first-order valence-corrected chi connectivity index (χ1v) is 8.13. The van der Waals surface area contributed by atoms with Crippen molar-refractivity contribution in [3.05, 3.63) is 12.5 Å². The van der Waals surface area contributed by atoms with E-state index in [0.29, 0.717) is 19.0 Å². The molecule has 108 valence electrons. The van der Waals surface area contributed by atoms with Gasteiger partial charge in [0.25, 0.3) is 10.0 Å². The van der Waals surface area contributed by atoms with Crippen molar-refractivity contribution in [2.45, 2.75) is 44.3 Å². The molecular weight excluding hydrogens is 264 g/mol. The molecule has 7 heteroatoms. The highest BCUT2D eigenvalue weighted by Crippen LogP contribution is 2.24. The Hall–Kier alpha value is -0.920. The van der Waals surface area contributed by atoms with Gasteiger partial charge in [-0.05, 0) is 18.8 Å². The summed E-state index contributed by atoms with van der Waals surface area (Å²) in [5, 5.41) is 0.133. The summed E-state index contributed by atoms with van der Waals surface area (Å²) < 4.78 is 28.3. The van der Waals surface area contributed by atoms with Gasteiger partial charge in [0.05, 0.1) is 6.33 Å². The number of hydrogen-bond donors (Lipinski definition) is 1. The summed E-state index contributed by atoms with van der Waals surface area (Å²) >= 11 is 0. The maximum Gasteiger partial charge on any atom is 0.262 e. The maximum absolute atomic E-state index is 12.5. The van der Waals surface area contributed by atoms with Crippen molar-refractivity contribution < 1.29 is 8.42 Å². The molecule has 1 aromatic rings. The van der Waals surface area contributed by atoms with Crippen molar-refractivity contribution in [2.24, 2.45) is 11.7 Å². The third-order valence-electron chi connectivity index (χ3n) is 3.35. The predicted molar refractivity (Wildman–Crippen MR) is 73.0 cm³/mol. The molecule has 0 aliphatic carbocycles. The first-order chi connectivity index (χ1) is 8.95. The van der Waals surface area contributed by atoms with Crippen molar-refractivity contribution in [3.63, 3.8) is 0 Å². The smallest absolute Gasteiger partial charge is 0.262 e. The van der Waals surface area contributed by atoms with Crippen LogP contribution < -0.4 is 5.73 Å². The molecule has 19 heavy (non-hydrogen) atoms. The Morgan fingerprint density at radius 3 is 2.89 bits per heavy atom. The Labute approximate surface area is 114 Å². The van der Waals surface area contributed by atoms with Crippen molar-refractivity contribution in [2.75, 3.05) is 13.1 Å². The summed E-state index contributed by atoms with van der Waals surface area (Å²) in [7, 11) is -3.49. The van der Waals surface area contributed by atoms with Crippen molar-refractivity contribution >= 4 is 10.0 Å². The van der Waals surface area contributed by atoms with Crippen LogP contribution in [0.25, 0.3) is 0 Å². The number of nitrogens with zero attached hydrogens (tertiary/aromatic N) is 3. The van der Waals surface area contributed by atoms with Crippen LogP contribution in [0, 0.1) is 5.92 Å². The molecule has 1 aliphatic rings. The number of sulfonamides is 1. The molecule has 1 atom stereocenters. The average molecular weight is 286 g/mol. The van der Waals surface area contributed by atoms with Gasteiger partial charge in [0.15, 0.2) is 5.03 Å². The first kappa shape index (κ1) is 14.5. The lowest BCUT2D eigenvalue weighted by atomic mass is 10.2. The van der Waals surface area contributed by atoms with E-state index in [2.05, 4.69) is 18.8 Å². The molecule has 0 radical (unpaired) electrons. The monoisotopic (exact) mass is 286 g/mol. The van der Waals surface area contributed by atoms with E-state index in [0.717, 1.165) is 19.4 Å². The van der Waals surface area contributed by atoms with Crippen LogP contribution in [0.1, 0.15) is 26.7 Å². The lowest BCUT2D eigenvalue weighted by molar-refractivity contribution is 0.391. The molecule has 1 unspecified atom stereocenters. The largest absolute Gasteiger partial charge is 0.336 e. The van der Waals surface area contributed by atoms with Gasteiger partial charge in [0, 0.05) is 31.9 Å². The highest BCUT2D eigenvalue weighted by atomic mass is 32.2. The van der Waals surface area contributed by atoms with E-state index in [1.165, 1.54) is 4.31 Å². The van der Waals surface area contributed by atoms with Crippen LogP contribution in [0.15, 0.2) is 17.6 Å². The van der Waals surface area contributed by atoms with E-state index in [-0.39, 0.29) is 11.1 Å². The minimum atomic E-state index is -3.49. The van der Waals surface area contributed by atoms with Crippen LogP contribution in [0.3, 0.4) is 0 Å². The van der Waals surface area contributed by atoms with Gasteiger partial charge in [-0.2, -0.15) is 4.31 Å². The van der Waals surface area contributed by atoms with Crippen molar-refractivity contribution in [1.29, 1.82) is 0 Å². The standard InChI is InChI=1S/C12H22N4O2S/c1-10(2)7-15-8-12(14-9-15)19(17,18)16-5-3-4-11(16)6-13/h8-11H,3-7,13H2,1-2H3. The average Bonchev–Trinajstić information content (AvgIpc) is 2.95. The number of hydrogen-bond acceptors (Lipinski definition) is 4. The summed E-state index contributed by atoms with van der Waals surface area (Å²) in [6.45, 7) is 5.84. The maximum atomic E-state index is 12.5. The summed E-state index contributed by atoms with van der Waals surface area (Å²) in [5.74, 6) is 0.452. The molecule has 2 N–H and O–H groups in total. The molecule has 1 aromatic heterocycles. The summed E-state index contributed by atoms with van der Waals surface area (Å²) in [4.78, 5) is 4.05. The second kappa shape index (κ2) is 5.60. The molecule has 0 aromatic carbocycles. The second-order valence-corrected chi connectivity index (χ2v) is 7.29. The molecule has 1 saturated heterocycles. The summed E-state index contributed by atoms with van der Waals surface area (Å²) in [6.07, 6.45) is 4.90. The quantitative estimate of drug-likeness (QED) is 0.861. The van der Waals surface area contributed by atoms with Gasteiger partial charge < -0.3 is 10.3 Å². The highest BCUT2D eigenvalue weighted by Gasteiger charge is 2.35. The normalized spacial score (nSPS) is 21.4. The fraction of sp³-hybridized carbons (Fsp3) is 0.750. The van der Waals surface area contributed by atoms with E-state index in [9.17, 15) is 8.42 Å². The fourth-order valence-corrected chi connectivity index (χ4v) is 4.12. The first-order valence-electron chi connectivity index (χ1n) is 6.69. The molecule has 0 saturated carbocycles. The molecule has 0 bridgehead atoms. The Kier molecular flexibility index (Phi) is 4.27.